The van der Waals surface area contributed by atoms with Gasteiger partial charge >= 0.3 is 0 Å². The SMILES string of the molecule is Cc1cc[n+](CCCCCCCCCCCCO)cc1.[Br-]. The van der Waals surface area contributed by atoms with Gasteiger partial charge in [-0.25, -0.2) is 4.57 Å². The molecule has 0 radical (unpaired) electrons. The Labute approximate surface area is 141 Å². The topological polar surface area (TPSA) is 24.1 Å². The molecule has 0 amide bonds. The van der Waals surface area contributed by atoms with Crippen LogP contribution in [0.25, 0.3) is 0 Å². The van der Waals surface area contributed by atoms with Crippen LogP contribution in [0.5, 0.6) is 0 Å². The standard InChI is InChI=1S/C18H32NO.BrH/c1-18-12-15-19(16-13-18)14-10-8-6-4-2-3-5-7-9-11-17-20;/h12-13,15-16,20H,2-11,14,17H2,1H3;1H/q+1;/p-1. The van der Waals surface area contributed by atoms with E-state index < -0.39 is 0 Å². The Bertz CT molecular complexity index is 326. The van der Waals surface area contributed by atoms with Gasteiger partial charge in [0, 0.05) is 25.2 Å². The summed E-state index contributed by atoms with van der Waals surface area (Å²) in [5, 5.41) is 8.68. The summed E-state index contributed by atoms with van der Waals surface area (Å²) in [7, 11) is 0. The van der Waals surface area contributed by atoms with Crippen LogP contribution in [-0.4, -0.2) is 11.7 Å². The quantitative estimate of drug-likeness (QED) is 0.440. The number of hydrogen-bond acceptors (Lipinski definition) is 1. The maximum absolute atomic E-state index is 8.68. The van der Waals surface area contributed by atoms with Crippen molar-refractivity contribution in [2.24, 2.45) is 0 Å². The molecule has 122 valence electrons. The average molecular weight is 358 g/mol. The van der Waals surface area contributed by atoms with Crippen LogP contribution in [0.1, 0.15) is 69.8 Å². The molecule has 0 fully saturated rings. The Morgan fingerprint density at radius 2 is 1.19 bits per heavy atom. The Morgan fingerprint density at radius 3 is 1.67 bits per heavy atom. The van der Waals surface area contributed by atoms with Crippen LogP contribution in [0.15, 0.2) is 24.5 Å². The minimum Gasteiger partial charge on any atom is -1.00 e. The van der Waals surface area contributed by atoms with E-state index in [1.807, 2.05) is 0 Å². The predicted molar refractivity (Wildman–Crippen MR) is 84.6 cm³/mol. The first-order chi connectivity index (χ1) is 9.83. The van der Waals surface area contributed by atoms with E-state index in [-0.39, 0.29) is 17.0 Å². The van der Waals surface area contributed by atoms with Crippen molar-refractivity contribution in [1.82, 2.24) is 0 Å². The average Bonchev–Trinajstić information content (AvgIpc) is 2.47. The van der Waals surface area contributed by atoms with Crippen molar-refractivity contribution in [2.75, 3.05) is 6.61 Å². The highest BCUT2D eigenvalue weighted by molar-refractivity contribution is 5.03. The summed E-state index contributed by atoms with van der Waals surface area (Å²) in [4.78, 5) is 0. The fourth-order valence-corrected chi connectivity index (χ4v) is 2.50. The number of rotatable bonds is 12. The first-order valence-corrected chi connectivity index (χ1v) is 8.39. The number of nitrogens with zero attached hydrogens (tertiary/aromatic N) is 1. The lowest BCUT2D eigenvalue weighted by atomic mass is 10.1. The third kappa shape index (κ3) is 11.9. The molecular formula is C18H32BrNO. The van der Waals surface area contributed by atoms with Crippen molar-refractivity contribution in [3.05, 3.63) is 30.1 Å². The number of aryl methyl sites for hydroxylation is 2. The van der Waals surface area contributed by atoms with Crippen LogP contribution >= 0.6 is 0 Å². The number of pyridine rings is 1. The third-order valence-corrected chi connectivity index (χ3v) is 3.88. The molecule has 1 N–H and O–H groups in total. The zero-order valence-corrected chi connectivity index (χ0v) is 15.2. The molecule has 0 aliphatic rings. The summed E-state index contributed by atoms with van der Waals surface area (Å²) in [6.45, 7) is 3.65. The van der Waals surface area contributed by atoms with Crippen molar-refractivity contribution < 1.29 is 26.7 Å². The van der Waals surface area contributed by atoms with Crippen molar-refractivity contribution in [2.45, 2.75) is 77.7 Å². The maximum Gasteiger partial charge on any atom is 0.169 e. The predicted octanol–water partition coefficient (Wildman–Crippen LogP) is 1.18. The minimum absolute atomic E-state index is 0. The van der Waals surface area contributed by atoms with Crippen LogP contribution in [0.3, 0.4) is 0 Å². The smallest absolute Gasteiger partial charge is 0.169 e. The molecular weight excluding hydrogens is 326 g/mol. The molecule has 0 saturated heterocycles. The van der Waals surface area contributed by atoms with Gasteiger partial charge in [0.15, 0.2) is 12.4 Å². The second-order valence-corrected chi connectivity index (χ2v) is 5.87. The van der Waals surface area contributed by atoms with Crippen molar-refractivity contribution in [3.63, 3.8) is 0 Å². The van der Waals surface area contributed by atoms with Gasteiger partial charge in [-0.05, 0) is 25.3 Å². The number of aromatic nitrogens is 1. The molecule has 0 atom stereocenters. The molecule has 2 nitrogen and oxygen atoms in total. The summed E-state index contributed by atoms with van der Waals surface area (Å²) in [6.07, 6.45) is 17.4. The molecule has 1 aromatic heterocycles. The van der Waals surface area contributed by atoms with Gasteiger partial charge in [-0.2, -0.15) is 0 Å². The molecule has 0 aromatic carbocycles. The molecule has 0 spiro atoms. The maximum atomic E-state index is 8.68. The van der Waals surface area contributed by atoms with Crippen molar-refractivity contribution >= 4 is 0 Å². The highest BCUT2D eigenvalue weighted by Crippen LogP contribution is 2.10. The van der Waals surface area contributed by atoms with E-state index in [1.54, 1.807) is 0 Å². The number of unbranched alkanes of at least 4 members (excludes halogenated alkanes) is 9. The molecule has 1 rings (SSSR count). The summed E-state index contributed by atoms with van der Waals surface area (Å²) in [5.41, 5.74) is 1.33. The van der Waals surface area contributed by atoms with E-state index in [4.69, 9.17) is 5.11 Å². The van der Waals surface area contributed by atoms with Gasteiger partial charge in [0.25, 0.3) is 0 Å². The highest BCUT2D eigenvalue weighted by atomic mass is 79.9. The normalized spacial score (nSPS) is 10.4. The van der Waals surface area contributed by atoms with Gasteiger partial charge in [-0.3, -0.25) is 0 Å². The lowest BCUT2D eigenvalue weighted by Gasteiger charge is -2.02. The zero-order chi connectivity index (χ0) is 14.5. The van der Waals surface area contributed by atoms with Gasteiger partial charge in [0.2, 0.25) is 0 Å². The number of aliphatic hydroxyl groups excluding tert-OH is 1. The number of hydrogen-bond donors (Lipinski definition) is 1. The molecule has 3 heteroatoms. The van der Waals surface area contributed by atoms with Gasteiger partial charge in [0.1, 0.15) is 6.54 Å². The number of aliphatic hydroxyl groups is 1. The molecule has 0 bridgehead atoms. The van der Waals surface area contributed by atoms with E-state index in [0.717, 1.165) is 13.0 Å². The summed E-state index contributed by atoms with van der Waals surface area (Å²) >= 11 is 0. The monoisotopic (exact) mass is 357 g/mol. The second-order valence-electron chi connectivity index (χ2n) is 5.87. The van der Waals surface area contributed by atoms with Crippen LogP contribution in [-0.2, 0) is 6.54 Å². The van der Waals surface area contributed by atoms with Gasteiger partial charge in [0.05, 0.1) is 0 Å². The molecule has 21 heavy (non-hydrogen) atoms. The second kappa shape index (κ2) is 14.5. The van der Waals surface area contributed by atoms with E-state index in [0.29, 0.717) is 6.61 Å². The van der Waals surface area contributed by atoms with Gasteiger partial charge in [-0.15, -0.1) is 0 Å². The molecule has 0 unspecified atom stereocenters. The lowest BCUT2D eigenvalue weighted by Crippen LogP contribution is -3.00. The van der Waals surface area contributed by atoms with Crippen molar-refractivity contribution in [3.8, 4) is 0 Å². The molecule has 1 aromatic rings. The van der Waals surface area contributed by atoms with Crippen LogP contribution < -0.4 is 21.5 Å². The first-order valence-electron chi connectivity index (χ1n) is 8.39. The third-order valence-electron chi connectivity index (χ3n) is 3.88. The van der Waals surface area contributed by atoms with Gasteiger partial charge < -0.3 is 22.1 Å². The van der Waals surface area contributed by atoms with E-state index in [9.17, 15) is 0 Å². The van der Waals surface area contributed by atoms with Crippen LogP contribution in [0, 0.1) is 6.92 Å². The minimum atomic E-state index is 0. The van der Waals surface area contributed by atoms with E-state index >= 15 is 0 Å². The van der Waals surface area contributed by atoms with E-state index in [1.165, 1.54) is 63.4 Å². The first kappa shape index (κ1) is 20.6. The fraction of sp³-hybridized carbons (Fsp3) is 0.722. The van der Waals surface area contributed by atoms with Gasteiger partial charge in [-0.1, -0.05) is 44.9 Å². The van der Waals surface area contributed by atoms with Crippen LogP contribution in [0.4, 0.5) is 0 Å². The molecule has 1 heterocycles. The zero-order valence-electron chi connectivity index (χ0n) is 13.6. The Morgan fingerprint density at radius 1 is 0.762 bits per heavy atom. The van der Waals surface area contributed by atoms with E-state index in [2.05, 4.69) is 36.0 Å². The summed E-state index contributed by atoms with van der Waals surface area (Å²) in [5.74, 6) is 0. The largest absolute Gasteiger partial charge is 1.00 e. The molecule has 0 saturated carbocycles. The number of halogens is 1. The Balaban J connectivity index is 0.00000400. The highest BCUT2D eigenvalue weighted by Gasteiger charge is 1.99. The Hall–Kier alpha value is -0.410. The Kier molecular flexibility index (Phi) is 14.2. The van der Waals surface area contributed by atoms with Crippen molar-refractivity contribution in [1.29, 1.82) is 0 Å². The summed E-state index contributed by atoms with van der Waals surface area (Å²) in [6, 6.07) is 4.35. The molecule has 0 aliphatic heterocycles. The molecule has 0 aliphatic carbocycles. The van der Waals surface area contributed by atoms with Crippen LogP contribution in [0.2, 0.25) is 0 Å². The lowest BCUT2D eigenvalue weighted by molar-refractivity contribution is -0.697. The summed E-state index contributed by atoms with van der Waals surface area (Å²) < 4.78 is 2.29. The fourth-order valence-electron chi connectivity index (χ4n) is 2.50.